The molecule has 0 radical (unpaired) electrons. The van der Waals surface area contributed by atoms with Crippen LogP contribution in [0.4, 0.5) is 0 Å². The van der Waals surface area contributed by atoms with Crippen LogP contribution in [0.1, 0.15) is 13.3 Å². The van der Waals surface area contributed by atoms with Gasteiger partial charge in [0.25, 0.3) is 0 Å². The molecule has 0 aromatic rings. The van der Waals surface area contributed by atoms with Crippen LogP contribution < -0.4 is 0 Å². The summed E-state index contributed by atoms with van der Waals surface area (Å²) in [6.07, 6.45) is 0.597. The van der Waals surface area contributed by atoms with E-state index in [0.29, 0.717) is 13.2 Å². The lowest BCUT2D eigenvalue weighted by Crippen LogP contribution is -2.24. The number of hydrogen-bond donors (Lipinski definition) is 0. The molecule has 0 bridgehead atoms. The topological polar surface area (TPSA) is 29.5 Å². The minimum absolute atomic E-state index is 0.216. The normalized spacial score (nSPS) is 16.2. The third-order valence-corrected chi connectivity index (χ3v) is 3.22. The van der Waals surface area contributed by atoms with Gasteiger partial charge in [-0.2, -0.15) is 0 Å². The lowest BCUT2D eigenvalue weighted by atomic mass is 10.4. The molecule has 0 atom stereocenters. The second-order valence-corrected chi connectivity index (χ2v) is 4.60. The second-order valence-electron chi connectivity index (χ2n) is 2.87. The first kappa shape index (κ1) is 10.9. The number of Topliss-reactive ketones (excluding diaryl/α,β-unsaturated/α-hetero) is 1. The zero-order valence-electron chi connectivity index (χ0n) is 7.62. The van der Waals surface area contributed by atoms with Gasteiger partial charge in [-0.1, -0.05) is 24.0 Å². The van der Waals surface area contributed by atoms with E-state index in [1.807, 2.05) is 4.90 Å². The maximum Gasteiger partial charge on any atom is 0.138 e. The van der Waals surface area contributed by atoms with E-state index in [4.69, 9.17) is 17.0 Å². The average Bonchev–Trinajstić information content (AvgIpc) is 2.55. The smallest absolute Gasteiger partial charge is 0.138 e. The Morgan fingerprint density at radius 3 is 3.00 bits per heavy atom. The highest BCUT2D eigenvalue weighted by Gasteiger charge is 2.15. The van der Waals surface area contributed by atoms with Gasteiger partial charge in [0.15, 0.2) is 0 Å². The Kier molecular flexibility index (Phi) is 4.69. The SMILES string of the molecule is CC(=O)CCSC(=S)N1CCOC1. The van der Waals surface area contributed by atoms with Crippen molar-refractivity contribution in [2.75, 3.05) is 25.6 Å². The molecule has 1 fully saturated rings. The van der Waals surface area contributed by atoms with E-state index in [1.165, 1.54) is 0 Å². The molecule has 5 heteroatoms. The van der Waals surface area contributed by atoms with Crippen molar-refractivity contribution >= 4 is 34.1 Å². The summed E-state index contributed by atoms with van der Waals surface area (Å²) in [5.74, 6) is 0.998. The highest BCUT2D eigenvalue weighted by atomic mass is 32.2. The van der Waals surface area contributed by atoms with Crippen molar-refractivity contribution in [3.63, 3.8) is 0 Å². The molecule has 0 aromatic carbocycles. The van der Waals surface area contributed by atoms with Crippen LogP contribution >= 0.6 is 24.0 Å². The Balaban J connectivity index is 2.13. The Labute approximate surface area is 87.8 Å². The van der Waals surface area contributed by atoms with Crippen molar-refractivity contribution in [1.29, 1.82) is 0 Å². The Hall–Kier alpha value is -0.130. The molecule has 0 amide bonds. The molecule has 13 heavy (non-hydrogen) atoms. The number of thioether (sulfide) groups is 1. The number of carbonyl (C=O) groups is 1. The van der Waals surface area contributed by atoms with Crippen LogP contribution in [-0.4, -0.2) is 40.6 Å². The summed E-state index contributed by atoms with van der Waals surface area (Å²) >= 11 is 6.72. The molecule has 0 unspecified atom stereocenters. The van der Waals surface area contributed by atoms with E-state index in [-0.39, 0.29) is 5.78 Å². The third kappa shape index (κ3) is 4.06. The predicted octanol–water partition coefficient (Wildman–Crippen LogP) is 1.27. The summed E-state index contributed by atoms with van der Waals surface area (Å²) in [6, 6.07) is 0. The summed E-state index contributed by atoms with van der Waals surface area (Å²) in [7, 11) is 0. The average molecular weight is 219 g/mol. The van der Waals surface area contributed by atoms with Gasteiger partial charge in [0, 0.05) is 18.7 Å². The van der Waals surface area contributed by atoms with Crippen molar-refractivity contribution in [1.82, 2.24) is 4.90 Å². The van der Waals surface area contributed by atoms with Crippen LogP contribution in [0.15, 0.2) is 0 Å². The summed E-state index contributed by atoms with van der Waals surface area (Å²) in [6.45, 7) is 3.84. The Bertz CT molecular complexity index is 202. The van der Waals surface area contributed by atoms with Crippen LogP contribution in [0.5, 0.6) is 0 Å². The fourth-order valence-corrected chi connectivity index (χ4v) is 2.22. The van der Waals surface area contributed by atoms with Crippen LogP contribution in [-0.2, 0) is 9.53 Å². The summed E-state index contributed by atoms with van der Waals surface area (Å²) in [4.78, 5) is 12.7. The monoisotopic (exact) mass is 219 g/mol. The van der Waals surface area contributed by atoms with Crippen molar-refractivity contribution in [2.45, 2.75) is 13.3 Å². The molecule has 0 saturated carbocycles. The molecular weight excluding hydrogens is 206 g/mol. The van der Waals surface area contributed by atoms with Gasteiger partial charge in [-0.3, -0.25) is 4.79 Å². The molecule has 0 spiro atoms. The van der Waals surface area contributed by atoms with Crippen molar-refractivity contribution in [3.05, 3.63) is 0 Å². The minimum Gasteiger partial charge on any atom is -0.359 e. The van der Waals surface area contributed by atoms with Gasteiger partial charge < -0.3 is 9.64 Å². The molecule has 3 nitrogen and oxygen atoms in total. The van der Waals surface area contributed by atoms with E-state index in [0.717, 1.165) is 23.2 Å². The van der Waals surface area contributed by atoms with Gasteiger partial charge >= 0.3 is 0 Å². The van der Waals surface area contributed by atoms with E-state index >= 15 is 0 Å². The van der Waals surface area contributed by atoms with Crippen LogP contribution in [0.3, 0.4) is 0 Å². The van der Waals surface area contributed by atoms with Gasteiger partial charge in [0.05, 0.1) is 6.61 Å². The lowest BCUT2D eigenvalue weighted by Gasteiger charge is -2.15. The minimum atomic E-state index is 0.216. The number of nitrogens with zero attached hydrogens (tertiary/aromatic N) is 1. The fourth-order valence-electron chi connectivity index (χ4n) is 0.931. The molecule has 1 aliphatic heterocycles. The first-order valence-corrected chi connectivity index (χ1v) is 5.58. The van der Waals surface area contributed by atoms with E-state index in [2.05, 4.69) is 0 Å². The molecule has 74 valence electrons. The molecule has 1 aliphatic rings. The lowest BCUT2D eigenvalue weighted by molar-refractivity contribution is -0.116. The molecular formula is C8H13NO2S2. The molecule has 0 aromatic heterocycles. The van der Waals surface area contributed by atoms with Crippen LogP contribution in [0.2, 0.25) is 0 Å². The quantitative estimate of drug-likeness (QED) is 0.667. The van der Waals surface area contributed by atoms with Gasteiger partial charge in [-0.05, 0) is 6.92 Å². The Morgan fingerprint density at radius 1 is 1.69 bits per heavy atom. The van der Waals surface area contributed by atoms with Crippen molar-refractivity contribution in [2.24, 2.45) is 0 Å². The molecule has 0 aliphatic carbocycles. The molecule has 1 heterocycles. The predicted molar refractivity (Wildman–Crippen MR) is 57.9 cm³/mol. The maximum atomic E-state index is 10.7. The molecule has 1 saturated heterocycles. The summed E-state index contributed by atoms with van der Waals surface area (Å²) in [5, 5.41) is 0. The highest BCUT2D eigenvalue weighted by molar-refractivity contribution is 8.22. The zero-order valence-corrected chi connectivity index (χ0v) is 9.25. The number of carbonyl (C=O) groups excluding carboxylic acids is 1. The number of ether oxygens (including phenoxy) is 1. The number of hydrogen-bond acceptors (Lipinski definition) is 4. The number of ketones is 1. The highest BCUT2D eigenvalue weighted by Crippen LogP contribution is 2.13. The first-order valence-electron chi connectivity index (χ1n) is 4.19. The second kappa shape index (κ2) is 5.57. The van der Waals surface area contributed by atoms with Gasteiger partial charge in [0.2, 0.25) is 0 Å². The standard InChI is InChI=1S/C8H13NO2S2/c1-7(10)2-5-13-8(12)9-3-4-11-6-9/h2-6H2,1H3. The third-order valence-electron chi connectivity index (χ3n) is 1.69. The number of rotatable bonds is 3. The van der Waals surface area contributed by atoms with E-state index < -0.39 is 0 Å². The molecule has 1 rings (SSSR count). The first-order chi connectivity index (χ1) is 6.20. The molecule has 0 N–H and O–H groups in total. The van der Waals surface area contributed by atoms with Crippen LogP contribution in [0, 0.1) is 0 Å². The number of thiocarbonyl (C=S) groups is 1. The maximum absolute atomic E-state index is 10.7. The van der Waals surface area contributed by atoms with Crippen LogP contribution in [0.25, 0.3) is 0 Å². The van der Waals surface area contributed by atoms with Gasteiger partial charge in [-0.25, -0.2) is 0 Å². The zero-order chi connectivity index (χ0) is 9.68. The van der Waals surface area contributed by atoms with E-state index in [9.17, 15) is 4.79 Å². The van der Waals surface area contributed by atoms with Crippen molar-refractivity contribution < 1.29 is 9.53 Å². The largest absolute Gasteiger partial charge is 0.359 e. The van der Waals surface area contributed by atoms with Gasteiger partial charge in [-0.15, -0.1) is 0 Å². The van der Waals surface area contributed by atoms with E-state index in [1.54, 1.807) is 18.7 Å². The summed E-state index contributed by atoms with van der Waals surface area (Å²) in [5.41, 5.74) is 0. The van der Waals surface area contributed by atoms with Gasteiger partial charge in [0.1, 0.15) is 16.8 Å². The summed E-state index contributed by atoms with van der Waals surface area (Å²) < 4.78 is 6.01. The Morgan fingerprint density at radius 2 is 2.46 bits per heavy atom. The van der Waals surface area contributed by atoms with Crippen molar-refractivity contribution in [3.8, 4) is 0 Å². The fraction of sp³-hybridized carbons (Fsp3) is 0.750.